The van der Waals surface area contributed by atoms with Crippen LogP contribution >= 0.6 is 0 Å². The lowest BCUT2D eigenvalue weighted by Crippen LogP contribution is -2.63. The summed E-state index contributed by atoms with van der Waals surface area (Å²) in [5.41, 5.74) is 4.13. The number of nitrogens with two attached hydrogens (primary N) is 1. The predicted octanol–water partition coefficient (Wildman–Crippen LogP) is -2.20. The van der Waals surface area contributed by atoms with Crippen molar-refractivity contribution in [1.82, 2.24) is 0 Å². The van der Waals surface area contributed by atoms with Gasteiger partial charge in [0, 0.05) is 6.42 Å². The third-order valence-corrected chi connectivity index (χ3v) is 3.66. The summed E-state index contributed by atoms with van der Waals surface area (Å²) in [6.07, 6.45) is -4.24. The van der Waals surface area contributed by atoms with E-state index in [2.05, 4.69) is 0 Å². The number of carboxylic acid groups (broad SMARTS) is 1. The van der Waals surface area contributed by atoms with E-state index < -0.39 is 48.6 Å². The van der Waals surface area contributed by atoms with E-state index in [4.69, 9.17) is 20.7 Å². The molecule has 8 heteroatoms. The van der Waals surface area contributed by atoms with Crippen LogP contribution in [0.4, 0.5) is 0 Å². The van der Waals surface area contributed by atoms with E-state index in [0.29, 0.717) is 0 Å². The second-order valence-electron chi connectivity index (χ2n) is 5.45. The van der Waals surface area contributed by atoms with Crippen LogP contribution in [0.1, 0.15) is 26.2 Å². The van der Waals surface area contributed by atoms with Crippen LogP contribution in [-0.4, -0.2) is 74.2 Å². The van der Waals surface area contributed by atoms with Crippen LogP contribution in [0.3, 0.4) is 0 Å². The van der Waals surface area contributed by atoms with E-state index >= 15 is 0 Å². The van der Waals surface area contributed by atoms with E-state index in [1.807, 2.05) is 0 Å². The molecule has 6 atom stereocenters. The molecule has 1 rings (SSSR count). The van der Waals surface area contributed by atoms with Gasteiger partial charge in [0.15, 0.2) is 5.60 Å². The Kier molecular flexibility index (Phi) is 5.87. The molecule has 0 saturated carbocycles. The van der Waals surface area contributed by atoms with Crippen LogP contribution in [-0.2, 0) is 9.53 Å². The van der Waals surface area contributed by atoms with E-state index in [-0.39, 0.29) is 19.3 Å². The molecule has 0 aliphatic carbocycles. The fraction of sp³-hybridized carbons (Fsp3) is 0.917. The SMILES string of the molecule is C[C@]1(C(=O)O)C[C@@H](O)[C@@H](N)C([C@H](O)CC[C@H](O)CO)O1. The number of aliphatic hydroxyl groups excluding tert-OH is 4. The second kappa shape index (κ2) is 6.79. The summed E-state index contributed by atoms with van der Waals surface area (Å²) in [5.74, 6) is -1.24. The maximum atomic E-state index is 11.2. The summed E-state index contributed by atoms with van der Waals surface area (Å²) < 4.78 is 5.37. The highest BCUT2D eigenvalue weighted by atomic mass is 16.6. The summed E-state index contributed by atoms with van der Waals surface area (Å²) in [6.45, 7) is 0.881. The zero-order valence-corrected chi connectivity index (χ0v) is 11.3. The van der Waals surface area contributed by atoms with Crippen molar-refractivity contribution in [2.45, 2.75) is 62.2 Å². The molecule has 1 aliphatic rings. The van der Waals surface area contributed by atoms with Crippen LogP contribution in [0, 0.1) is 0 Å². The van der Waals surface area contributed by atoms with Gasteiger partial charge in [0.25, 0.3) is 0 Å². The fourth-order valence-electron chi connectivity index (χ4n) is 2.27. The van der Waals surface area contributed by atoms with Gasteiger partial charge in [0.2, 0.25) is 0 Å². The molecule has 0 aromatic heterocycles. The summed E-state index contributed by atoms with van der Waals surface area (Å²) >= 11 is 0. The molecule has 118 valence electrons. The molecule has 0 aromatic carbocycles. The molecule has 1 unspecified atom stereocenters. The van der Waals surface area contributed by atoms with Gasteiger partial charge >= 0.3 is 5.97 Å². The number of carbonyl (C=O) groups is 1. The Hall–Kier alpha value is -0.770. The molecule has 8 nitrogen and oxygen atoms in total. The normalized spacial score (nSPS) is 37.4. The van der Waals surface area contributed by atoms with Crippen LogP contribution in [0.25, 0.3) is 0 Å². The molecule has 0 amide bonds. The molecule has 0 spiro atoms. The smallest absolute Gasteiger partial charge is 0.335 e. The van der Waals surface area contributed by atoms with Gasteiger partial charge in [-0.25, -0.2) is 4.79 Å². The van der Waals surface area contributed by atoms with Crippen molar-refractivity contribution < 1.29 is 35.1 Å². The minimum atomic E-state index is -1.61. The van der Waals surface area contributed by atoms with Crippen LogP contribution in [0.5, 0.6) is 0 Å². The minimum Gasteiger partial charge on any atom is -0.479 e. The number of carboxylic acids is 1. The third kappa shape index (κ3) is 3.87. The zero-order chi connectivity index (χ0) is 15.5. The van der Waals surface area contributed by atoms with Gasteiger partial charge in [-0.1, -0.05) is 0 Å². The van der Waals surface area contributed by atoms with Crippen molar-refractivity contribution in [3.05, 3.63) is 0 Å². The number of hydrogen-bond donors (Lipinski definition) is 6. The maximum Gasteiger partial charge on any atom is 0.335 e. The maximum absolute atomic E-state index is 11.2. The van der Waals surface area contributed by atoms with E-state index in [1.165, 1.54) is 6.92 Å². The summed E-state index contributed by atoms with van der Waals surface area (Å²) in [5, 5.41) is 46.9. The summed E-state index contributed by atoms with van der Waals surface area (Å²) in [4.78, 5) is 11.2. The quantitative estimate of drug-likeness (QED) is 0.322. The molecule has 0 aromatic rings. The van der Waals surface area contributed by atoms with Crippen LogP contribution in [0.2, 0.25) is 0 Å². The third-order valence-electron chi connectivity index (χ3n) is 3.66. The molecule has 0 bridgehead atoms. The zero-order valence-electron chi connectivity index (χ0n) is 11.3. The monoisotopic (exact) mass is 293 g/mol. The van der Waals surface area contributed by atoms with E-state index in [1.54, 1.807) is 0 Å². The van der Waals surface area contributed by atoms with Crippen molar-refractivity contribution in [1.29, 1.82) is 0 Å². The Balaban J connectivity index is 2.72. The molecule has 1 heterocycles. The molecular formula is C12H23NO7. The number of aliphatic carboxylic acids is 1. The number of rotatable bonds is 6. The van der Waals surface area contributed by atoms with Crippen molar-refractivity contribution in [2.24, 2.45) is 5.73 Å². The molecule has 0 radical (unpaired) electrons. The topological polar surface area (TPSA) is 153 Å². The first-order chi connectivity index (χ1) is 9.21. The second-order valence-corrected chi connectivity index (χ2v) is 5.45. The lowest BCUT2D eigenvalue weighted by molar-refractivity contribution is -0.211. The van der Waals surface area contributed by atoms with Gasteiger partial charge in [-0.3, -0.25) is 0 Å². The Labute approximate surface area is 116 Å². The van der Waals surface area contributed by atoms with Crippen molar-refractivity contribution >= 4 is 5.97 Å². The van der Waals surface area contributed by atoms with Gasteiger partial charge in [-0.05, 0) is 19.8 Å². The Morgan fingerprint density at radius 1 is 1.45 bits per heavy atom. The van der Waals surface area contributed by atoms with Gasteiger partial charge in [-0.2, -0.15) is 0 Å². The van der Waals surface area contributed by atoms with Crippen molar-refractivity contribution in [3.8, 4) is 0 Å². The first-order valence-corrected chi connectivity index (χ1v) is 6.53. The standard InChI is InChI=1S/C12H23NO7/c1-12(11(18)19)4-8(17)9(13)10(20-12)7(16)3-2-6(15)5-14/h6-10,14-17H,2-5,13H2,1H3,(H,18,19)/t6-,7+,8+,9+,10?,12+/m0/s1. The highest BCUT2D eigenvalue weighted by Gasteiger charge is 2.49. The van der Waals surface area contributed by atoms with Gasteiger partial charge in [0.1, 0.15) is 6.10 Å². The fourth-order valence-corrected chi connectivity index (χ4v) is 2.27. The molecule has 1 aliphatic heterocycles. The molecule has 20 heavy (non-hydrogen) atoms. The lowest BCUT2D eigenvalue weighted by Gasteiger charge is -2.43. The Morgan fingerprint density at radius 3 is 2.55 bits per heavy atom. The highest BCUT2D eigenvalue weighted by molar-refractivity contribution is 5.77. The van der Waals surface area contributed by atoms with Crippen LogP contribution < -0.4 is 5.73 Å². The lowest BCUT2D eigenvalue weighted by atomic mass is 9.85. The van der Waals surface area contributed by atoms with E-state index in [0.717, 1.165) is 0 Å². The van der Waals surface area contributed by atoms with Gasteiger partial charge < -0.3 is 36.0 Å². The first-order valence-electron chi connectivity index (χ1n) is 6.53. The van der Waals surface area contributed by atoms with Crippen molar-refractivity contribution in [2.75, 3.05) is 6.61 Å². The number of aliphatic hydroxyl groups is 4. The van der Waals surface area contributed by atoms with Crippen molar-refractivity contribution in [3.63, 3.8) is 0 Å². The average Bonchev–Trinajstić information content (AvgIpc) is 2.39. The largest absolute Gasteiger partial charge is 0.479 e. The first kappa shape index (κ1) is 17.3. The highest BCUT2D eigenvalue weighted by Crippen LogP contribution is 2.31. The van der Waals surface area contributed by atoms with Gasteiger partial charge in [-0.15, -0.1) is 0 Å². The average molecular weight is 293 g/mol. The number of ether oxygens (including phenoxy) is 1. The van der Waals surface area contributed by atoms with E-state index in [9.17, 15) is 20.1 Å². The Bertz CT molecular complexity index is 340. The minimum absolute atomic E-state index is 0.0719. The molecule has 1 saturated heterocycles. The number of hydrogen-bond acceptors (Lipinski definition) is 7. The van der Waals surface area contributed by atoms with Crippen LogP contribution in [0.15, 0.2) is 0 Å². The molecular weight excluding hydrogens is 270 g/mol. The van der Waals surface area contributed by atoms with Gasteiger partial charge in [0.05, 0.1) is 31.0 Å². The predicted molar refractivity (Wildman–Crippen MR) is 67.8 cm³/mol. The summed E-state index contributed by atoms with van der Waals surface area (Å²) in [6, 6.07) is -0.913. The molecule has 1 fully saturated rings. The summed E-state index contributed by atoms with van der Waals surface area (Å²) in [7, 11) is 0. The Morgan fingerprint density at radius 2 is 2.05 bits per heavy atom. The molecule has 7 N–H and O–H groups in total.